The molecule has 0 heterocycles. The first-order valence-electron chi connectivity index (χ1n) is 14.4. The molecule has 0 saturated carbocycles. The maximum absolute atomic E-state index is 13.4. The summed E-state index contributed by atoms with van der Waals surface area (Å²) in [5.41, 5.74) is 8.05. The van der Waals surface area contributed by atoms with Gasteiger partial charge in [-0.15, -0.1) is 0 Å². The van der Waals surface area contributed by atoms with E-state index in [1.165, 1.54) is 24.0 Å². The van der Waals surface area contributed by atoms with E-state index in [0.29, 0.717) is 37.6 Å². The Morgan fingerprint density at radius 1 is 1.00 bits per heavy atom. The van der Waals surface area contributed by atoms with E-state index in [2.05, 4.69) is 23.5 Å². The molecule has 0 fully saturated rings. The van der Waals surface area contributed by atoms with Crippen LogP contribution in [-0.2, 0) is 33.7 Å². The second kappa shape index (κ2) is 15.2. The van der Waals surface area contributed by atoms with Crippen molar-refractivity contribution >= 4 is 23.6 Å². The molecule has 0 radical (unpaired) electrons. The van der Waals surface area contributed by atoms with E-state index in [0.717, 1.165) is 40.7 Å². The van der Waals surface area contributed by atoms with Gasteiger partial charge >= 0.3 is 5.97 Å². The molecule has 6 nitrogen and oxygen atoms in total. The molecule has 1 aliphatic rings. The van der Waals surface area contributed by atoms with E-state index < -0.39 is 17.9 Å². The molecule has 2 atom stereocenters. The number of ether oxygens (including phenoxy) is 2. The number of fused-ring (bicyclic) bond motifs is 1. The number of hydrogen-bond donors (Lipinski definition) is 2. The first-order chi connectivity index (χ1) is 19.9. The summed E-state index contributed by atoms with van der Waals surface area (Å²) in [6.45, 7) is 5.42. The summed E-state index contributed by atoms with van der Waals surface area (Å²) in [5.74, 6) is -0.782. The van der Waals surface area contributed by atoms with E-state index in [9.17, 15) is 14.7 Å². The minimum absolute atomic E-state index is 0.208. The molecular weight excluding hydrogens is 534 g/mol. The standard InChI is InChI=1S/C34H41NO5S/c1-4-39-22-32(27-15-14-25-10-6-7-11-26(25)20-27)40-21-24-13-16-29(30(19-24)28-12-8-5-9-23(28)2)33(36)35-31(34(37)38)17-18-41-3/h5,8-9,12-16,19-20,31-32H,4,6-7,10-11,17-18,21-22H2,1-3H3,(H,35,36)(H,37,38). The van der Waals surface area contributed by atoms with Crippen LogP contribution in [-0.4, -0.2) is 48.2 Å². The predicted octanol–water partition coefficient (Wildman–Crippen LogP) is 6.77. The summed E-state index contributed by atoms with van der Waals surface area (Å²) in [7, 11) is 0. The van der Waals surface area contributed by atoms with Crippen LogP contribution < -0.4 is 5.32 Å². The third kappa shape index (κ3) is 8.22. The molecule has 7 heteroatoms. The number of carbonyl (C=O) groups excluding carboxylic acids is 1. The van der Waals surface area contributed by atoms with E-state index >= 15 is 0 Å². The Morgan fingerprint density at radius 2 is 1.78 bits per heavy atom. The van der Waals surface area contributed by atoms with Crippen LogP contribution >= 0.6 is 11.8 Å². The van der Waals surface area contributed by atoms with Crippen LogP contribution in [0.4, 0.5) is 0 Å². The number of aliphatic carboxylic acids is 1. The van der Waals surface area contributed by atoms with Crippen molar-refractivity contribution in [2.24, 2.45) is 0 Å². The van der Waals surface area contributed by atoms with Crippen LogP contribution in [0.15, 0.2) is 60.7 Å². The Labute approximate surface area is 247 Å². The lowest BCUT2D eigenvalue weighted by Gasteiger charge is -2.22. The molecule has 2 N–H and O–H groups in total. The molecule has 1 aliphatic carbocycles. The lowest BCUT2D eigenvalue weighted by atomic mass is 9.89. The molecule has 2 unspecified atom stereocenters. The normalized spacial score (nSPS) is 14.2. The second-order valence-electron chi connectivity index (χ2n) is 10.5. The zero-order valence-corrected chi connectivity index (χ0v) is 25.1. The fourth-order valence-electron chi connectivity index (χ4n) is 5.32. The van der Waals surface area contributed by atoms with Gasteiger partial charge in [-0.2, -0.15) is 11.8 Å². The molecule has 3 aromatic rings. The molecule has 1 amide bonds. The molecule has 41 heavy (non-hydrogen) atoms. The number of hydrogen-bond acceptors (Lipinski definition) is 5. The number of thioether (sulfide) groups is 1. The van der Waals surface area contributed by atoms with E-state index in [1.807, 2.05) is 56.5 Å². The minimum Gasteiger partial charge on any atom is -0.480 e. The molecular formula is C34H41NO5S. The Bertz CT molecular complexity index is 1340. The van der Waals surface area contributed by atoms with Crippen molar-refractivity contribution in [3.8, 4) is 11.1 Å². The summed E-state index contributed by atoms with van der Waals surface area (Å²) in [5, 5.41) is 12.4. The van der Waals surface area contributed by atoms with Gasteiger partial charge in [0.2, 0.25) is 0 Å². The average molecular weight is 576 g/mol. The number of carbonyl (C=O) groups is 2. The Hall–Kier alpha value is -3.13. The van der Waals surface area contributed by atoms with Gasteiger partial charge < -0.3 is 19.9 Å². The van der Waals surface area contributed by atoms with Gasteiger partial charge in [-0.3, -0.25) is 4.79 Å². The molecule has 0 saturated heterocycles. The maximum Gasteiger partial charge on any atom is 0.326 e. The van der Waals surface area contributed by atoms with Crippen LogP contribution in [0.1, 0.15) is 70.5 Å². The zero-order chi connectivity index (χ0) is 29.2. The van der Waals surface area contributed by atoms with Gasteiger partial charge in [-0.25, -0.2) is 4.79 Å². The smallest absolute Gasteiger partial charge is 0.326 e. The van der Waals surface area contributed by atoms with Crippen LogP contribution in [0, 0.1) is 6.92 Å². The minimum atomic E-state index is -1.03. The molecule has 0 aliphatic heterocycles. The molecule has 218 valence electrons. The van der Waals surface area contributed by atoms with E-state index in [4.69, 9.17) is 9.47 Å². The van der Waals surface area contributed by atoms with Gasteiger partial charge in [0, 0.05) is 12.2 Å². The van der Waals surface area contributed by atoms with Crippen molar-refractivity contribution < 1.29 is 24.2 Å². The second-order valence-corrected chi connectivity index (χ2v) is 11.5. The monoisotopic (exact) mass is 575 g/mol. The number of nitrogens with one attached hydrogen (secondary N) is 1. The van der Waals surface area contributed by atoms with Crippen molar-refractivity contribution in [1.82, 2.24) is 5.32 Å². The number of aryl methyl sites for hydroxylation is 3. The summed E-state index contributed by atoms with van der Waals surface area (Å²) in [4.78, 5) is 25.2. The highest BCUT2D eigenvalue weighted by Crippen LogP contribution is 2.31. The third-order valence-electron chi connectivity index (χ3n) is 7.65. The average Bonchev–Trinajstić information content (AvgIpc) is 2.99. The summed E-state index contributed by atoms with van der Waals surface area (Å²) < 4.78 is 12.3. The van der Waals surface area contributed by atoms with Crippen LogP contribution in [0.3, 0.4) is 0 Å². The molecule has 0 aromatic heterocycles. The fraction of sp³-hybridized carbons (Fsp3) is 0.412. The first-order valence-corrected chi connectivity index (χ1v) is 15.8. The van der Waals surface area contributed by atoms with Crippen LogP contribution in [0.2, 0.25) is 0 Å². The Balaban J connectivity index is 1.60. The highest BCUT2D eigenvalue weighted by atomic mass is 32.2. The van der Waals surface area contributed by atoms with E-state index in [-0.39, 0.29) is 6.10 Å². The molecule has 0 bridgehead atoms. The van der Waals surface area contributed by atoms with E-state index in [1.54, 1.807) is 17.8 Å². The lowest BCUT2D eigenvalue weighted by Crippen LogP contribution is -2.41. The van der Waals surface area contributed by atoms with Gasteiger partial charge in [0.05, 0.1) is 13.2 Å². The maximum atomic E-state index is 13.4. The summed E-state index contributed by atoms with van der Waals surface area (Å²) in [6, 6.07) is 19.3. The number of carboxylic acids is 1. The highest BCUT2D eigenvalue weighted by Gasteiger charge is 2.23. The number of amides is 1. The quantitative estimate of drug-likeness (QED) is 0.221. The van der Waals surface area contributed by atoms with Crippen molar-refractivity contribution in [3.05, 3.63) is 94.0 Å². The SMILES string of the molecule is CCOCC(OCc1ccc(C(=O)NC(CCSC)C(=O)O)c(-c2ccccc2C)c1)c1ccc2c(c1)CCCC2. The van der Waals surface area contributed by atoms with Crippen LogP contribution in [0.25, 0.3) is 11.1 Å². The largest absolute Gasteiger partial charge is 0.480 e. The van der Waals surface area contributed by atoms with Gasteiger partial charge in [0.25, 0.3) is 5.91 Å². The Kier molecular flexibility index (Phi) is 11.4. The van der Waals surface area contributed by atoms with Gasteiger partial charge in [0.1, 0.15) is 12.1 Å². The Morgan fingerprint density at radius 3 is 2.51 bits per heavy atom. The van der Waals surface area contributed by atoms with Crippen LogP contribution in [0.5, 0.6) is 0 Å². The number of benzene rings is 3. The van der Waals surface area contributed by atoms with Gasteiger partial charge in [0.15, 0.2) is 0 Å². The molecule has 4 rings (SSSR count). The number of rotatable bonds is 14. The van der Waals surface area contributed by atoms with Gasteiger partial charge in [-0.1, -0.05) is 48.5 Å². The first kappa shape index (κ1) is 30.8. The van der Waals surface area contributed by atoms with Crippen molar-refractivity contribution in [2.75, 3.05) is 25.2 Å². The summed E-state index contributed by atoms with van der Waals surface area (Å²) in [6.07, 6.45) is 6.78. The predicted molar refractivity (Wildman–Crippen MR) is 166 cm³/mol. The zero-order valence-electron chi connectivity index (χ0n) is 24.3. The number of carboxylic acid groups (broad SMARTS) is 1. The topological polar surface area (TPSA) is 84.9 Å². The third-order valence-corrected chi connectivity index (χ3v) is 8.29. The van der Waals surface area contributed by atoms with Crippen molar-refractivity contribution in [1.29, 1.82) is 0 Å². The summed E-state index contributed by atoms with van der Waals surface area (Å²) >= 11 is 1.55. The fourth-order valence-corrected chi connectivity index (χ4v) is 5.79. The highest BCUT2D eigenvalue weighted by molar-refractivity contribution is 7.98. The van der Waals surface area contributed by atoms with Gasteiger partial charge in [-0.05, 0) is 109 Å². The lowest BCUT2D eigenvalue weighted by molar-refractivity contribution is -0.139. The van der Waals surface area contributed by atoms with Crippen molar-refractivity contribution in [2.45, 2.75) is 64.7 Å². The van der Waals surface area contributed by atoms with Crippen molar-refractivity contribution in [3.63, 3.8) is 0 Å². The molecule has 3 aromatic carbocycles. The molecule has 0 spiro atoms.